The normalized spacial score (nSPS) is 23.8. The van der Waals surface area contributed by atoms with E-state index in [0.29, 0.717) is 10.0 Å². The minimum atomic E-state index is -0.0719. The predicted molar refractivity (Wildman–Crippen MR) is 70.7 cm³/mol. The fraction of sp³-hybridized carbons (Fsp3) is 0.417. The molecule has 0 aromatic heterocycles. The fourth-order valence-electron chi connectivity index (χ4n) is 1.98. The molecule has 0 amide bonds. The molecular weight excluding hydrogens is 259 g/mol. The number of rotatable bonds is 2. The van der Waals surface area contributed by atoms with E-state index in [2.05, 4.69) is 12.1 Å². The van der Waals surface area contributed by atoms with Gasteiger partial charge in [-0.1, -0.05) is 41.3 Å². The van der Waals surface area contributed by atoms with Gasteiger partial charge in [-0.25, -0.2) is 0 Å². The molecule has 0 N–H and O–H groups in total. The first kappa shape index (κ1) is 12.7. The topological polar surface area (TPSA) is 24.8 Å². The molecule has 0 radical (unpaired) electrons. The highest BCUT2D eigenvalue weighted by molar-refractivity contribution is 6.40. The smallest absolute Gasteiger partial charge is 0.189 e. The quantitative estimate of drug-likeness (QED) is 0.826. The molecule has 92 valence electrons. The van der Waals surface area contributed by atoms with Gasteiger partial charge in [0.1, 0.15) is 0 Å². The summed E-state index contributed by atoms with van der Waals surface area (Å²) >= 11 is 12.3. The maximum absolute atomic E-state index is 6.17. The highest BCUT2D eigenvalue weighted by Gasteiger charge is 2.34. The molecule has 17 heavy (non-hydrogen) atoms. The largest absolute Gasteiger partial charge is 0.375 e. The van der Waals surface area contributed by atoms with E-state index in [1.165, 1.54) is 0 Å². The lowest BCUT2D eigenvalue weighted by Gasteiger charge is -2.21. The van der Waals surface area contributed by atoms with E-state index in [-0.39, 0.29) is 12.1 Å². The van der Waals surface area contributed by atoms with Crippen LogP contribution >= 0.6 is 23.2 Å². The number of benzene rings is 1. The first-order valence-corrected chi connectivity index (χ1v) is 6.12. The van der Waals surface area contributed by atoms with Crippen LogP contribution in [0.4, 0.5) is 0 Å². The SMILES string of the molecule is C[C@H]1C(c2c(Cl)cccc2Cl)=NO[C@H]1N(C)C. The van der Waals surface area contributed by atoms with Crippen molar-refractivity contribution in [3.8, 4) is 0 Å². The average Bonchev–Trinajstić information content (AvgIpc) is 2.61. The van der Waals surface area contributed by atoms with E-state index < -0.39 is 0 Å². The van der Waals surface area contributed by atoms with Crippen LogP contribution in [0.2, 0.25) is 10.0 Å². The monoisotopic (exact) mass is 272 g/mol. The summed E-state index contributed by atoms with van der Waals surface area (Å²) in [4.78, 5) is 7.38. The lowest BCUT2D eigenvalue weighted by molar-refractivity contribution is -0.0303. The van der Waals surface area contributed by atoms with Crippen molar-refractivity contribution in [3.63, 3.8) is 0 Å². The fourth-order valence-corrected chi connectivity index (χ4v) is 2.57. The Balaban J connectivity index is 2.37. The number of halogens is 2. The molecule has 1 aromatic rings. The minimum absolute atomic E-state index is 0.0719. The van der Waals surface area contributed by atoms with Crippen molar-refractivity contribution >= 4 is 28.9 Å². The van der Waals surface area contributed by atoms with Gasteiger partial charge in [0.25, 0.3) is 0 Å². The summed E-state index contributed by atoms with van der Waals surface area (Å²) in [6.45, 7) is 2.05. The van der Waals surface area contributed by atoms with Gasteiger partial charge in [-0.2, -0.15) is 0 Å². The van der Waals surface area contributed by atoms with Crippen molar-refractivity contribution in [2.45, 2.75) is 13.2 Å². The van der Waals surface area contributed by atoms with Crippen LogP contribution < -0.4 is 0 Å². The van der Waals surface area contributed by atoms with E-state index in [1.54, 1.807) is 12.1 Å². The van der Waals surface area contributed by atoms with Crippen LogP contribution in [0.25, 0.3) is 0 Å². The summed E-state index contributed by atoms with van der Waals surface area (Å²) in [5, 5.41) is 5.32. The van der Waals surface area contributed by atoms with Crippen LogP contribution in [0.1, 0.15) is 12.5 Å². The Morgan fingerprint density at radius 1 is 1.24 bits per heavy atom. The minimum Gasteiger partial charge on any atom is -0.375 e. The Hall–Kier alpha value is -0.770. The van der Waals surface area contributed by atoms with E-state index >= 15 is 0 Å². The zero-order valence-electron chi connectivity index (χ0n) is 9.95. The zero-order valence-corrected chi connectivity index (χ0v) is 11.5. The van der Waals surface area contributed by atoms with Crippen molar-refractivity contribution in [2.75, 3.05) is 14.1 Å². The van der Waals surface area contributed by atoms with E-state index in [1.807, 2.05) is 25.1 Å². The molecule has 0 fully saturated rings. The summed E-state index contributed by atoms with van der Waals surface area (Å²) in [6, 6.07) is 5.43. The number of nitrogens with zero attached hydrogens (tertiary/aromatic N) is 2. The summed E-state index contributed by atoms with van der Waals surface area (Å²) < 4.78 is 0. The van der Waals surface area contributed by atoms with Gasteiger partial charge in [0.05, 0.1) is 21.7 Å². The maximum Gasteiger partial charge on any atom is 0.189 e. The highest BCUT2D eigenvalue weighted by Crippen LogP contribution is 2.32. The van der Waals surface area contributed by atoms with Crippen molar-refractivity contribution in [1.29, 1.82) is 0 Å². The molecule has 0 saturated carbocycles. The highest BCUT2D eigenvalue weighted by atomic mass is 35.5. The van der Waals surface area contributed by atoms with Gasteiger partial charge in [0, 0.05) is 5.56 Å². The predicted octanol–water partition coefficient (Wildman–Crippen LogP) is 3.25. The standard InChI is InChI=1S/C12H14Cl2N2O/c1-7-11(15-17-12(7)16(2)3)10-8(13)5-4-6-9(10)14/h4-7,12H,1-3H3/t7-,12+/m0/s1. The van der Waals surface area contributed by atoms with Gasteiger partial charge in [0.15, 0.2) is 6.23 Å². The number of hydrogen-bond acceptors (Lipinski definition) is 3. The molecule has 2 atom stereocenters. The lowest BCUT2D eigenvalue weighted by Crippen LogP contribution is -2.34. The Morgan fingerprint density at radius 2 is 1.82 bits per heavy atom. The molecule has 0 saturated heterocycles. The van der Waals surface area contributed by atoms with Crippen LogP contribution in [0.3, 0.4) is 0 Å². The molecule has 1 aromatic carbocycles. The third-order valence-electron chi connectivity index (χ3n) is 2.85. The molecule has 0 aliphatic carbocycles. The second kappa shape index (κ2) is 4.84. The van der Waals surface area contributed by atoms with Crippen LogP contribution in [0.15, 0.2) is 23.4 Å². The zero-order chi connectivity index (χ0) is 12.6. The maximum atomic E-state index is 6.17. The third-order valence-corrected chi connectivity index (χ3v) is 3.48. The van der Waals surface area contributed by atoms with Crippen molar-refractivity contribution in [2.24, 2.45) is 11.1 Å². The Labute approximate surface area is 111 Å². The average molecular weight is 273 g/mol. The summed E-state index contributed by atoms with van der Waals surface area (Å²) in [5.41, 5.74) is 1.58. The van der Waals surface area contributed by atoms with Crippen LogP contribution in [-0.4, -0.2) is 30.9 Å². The lowest BCUT2D eigenvalue weighted by atomic mass is 9.97. The van der Waals surface area contributed by atoms with Crippen LogP contribution in [0, 0.1) is 5.92 Å². The van der Waals surface area contributed by atoms with E-state index in [4.69, 9.17) is 28.0 Å². The van der Waals surface area contributed by atoms with Gasteiger partial charge in [-0.05, 0) is 26.2 Å². The molecule has 1 heterocycles. The van der Waals surface area contributed by atoms with Crippen LogP contribution in [-0.2, 0) is 4.84 Å². The van der Waals surface area contributed by atoms with Gasteiger partial charge in [-0.15, -0.1) is 0 Å². The molecule has 0 spiro atoms. The molecule has 2 rings (SSSR count). The van der Waals surface area contributed by atoms with Gasteiger partial charge in [-0.3, -0.25) is 4.90 Å². The second-order valence-corrected chi connectivity index (χ2v) is 5.14. The molecule has 0 unspecified atom stereocenters. The summed E-state index contributed by atoms with van der Waals surface area (Å²) in [7, 11) is 3.90. The third kappa shape index (κ3) is 2.28. The Morgan fingerprint density at radius 3 is 2.29 bits per heavy atom. The summed E-state index contributed by atoms with van der Waals surface area (Å²) in [5.74, 6) is 0.127. The van der Waals surface area contributed by atoms with Gasteiger partial charge in [0.2, 0.25) is 0 Å². The Bertz CT molecular complexity index is 440. The van der Waals surface area contributed by atoms with Gasteiger partial charge < -0.3 is 4.84 Å². The second-order valence-electron chi connectivity index (χ2n) is 4.32. The molecule has 1 aliphatic rings. The number of oxime groups is 1. The number of hydrogen-bond donors (Lipinski definition) is 0. The van der Waals surface area contributed by atoms with Gasteiger partial charge >= 0.3 is 0 Å². The van der Waals surface area contributed by atoms with E-state index in [9.17, 15) is 0 Å². The molecule has 0 bridgehead atoms. The Kier molecular flexibility index (Phi) is 3.61. The van der Waals surface area contributed by atoms with E-state index in [0.717, 1.165) is 11.3 Å². The first-order valence-electron chi connectivity index (χ1n) is 5.37. The van der Waals surface area contributed by atoms with Crippen LogP contribution in [0.5, 0.6) is 0 Å². The molecule has 5 heteroatoms. The molecule has 1 aliphatic heterocycles. The molecular formula is C12H14Cl2N2O. The van der Waals surface area contributed by atoms with Crippen molar-refractivity contribution < 1.29 is 4.84 Å². The summed E-state index contributed by atoms with van der Waals surface area (Å²) in [6.07, 6.45) is -0.0719. The van der Waals surface area contributed by atoms with Crippen molar-refractivity contribution in [1.82, 2.24) is 4.90 Å². The first-order chi connectivity index (χ1) is 8.02. The van der Waals surface area contributed by atoms with Crippen molar-refractivity contribution in [3.05, 3.63) is 33.8 Å². The molecule has 3 nitrogen and oxygen atoms in total.